The van der Waals surface area contributed by atoms with Gasteiger partial charge in [0.15, 0.2) is 6.10 Å². The lowest BCUT2D eigenvalue weighted by Crippen LogP contribution is -2.37. The Kier molecular flexibility index (Phi) is 5.22. The van der Waals surface area contributed by atoms with Crippen LogP contribution in [0.2, 0.25) is 0 Å². The second-order valence-electron chi connectivity index (χ2n) is 4.38. The van der Waals surface area contributed by atoms with Gasteiger partial charge in [-0.25, -0.2) is 4.79 Å². The fourth-order valence-electron chi connectivity index (χ4n) is 2.06. The van der Waals surface area contributed by atoms with E-state index in [-0.39, 0.29) is 24.3 Å². The molecule has 3 unspecified atom stereocenters. The molecule has 0 radical (unpaired) electrons. The summed E-state index contributed by atoms with van der Waals surface area (Å²) in [5, 5.41) is 0. The van der Waals surface area contributed by atoms with Crippen LogP contribution in [0.1, 0.15) is 40.5 Å². The standard InChI is InChI=1S/C12H22O4/c1-5-14-12(13)10(4)16-11-6-8(2)15-9(3)7-11/h8-11H,5-7H2,1-4H3. The summed E-state index contributed by atoms with van der Waals surface area (Å²) >= 11 is 0. The normalized spacial score (nSPS) is 32.1. The van der Waals surface area contributed by atoms with E-state index in [4.69, 9.17) is 14.2 Å². The van der Waals surface area contributed by atoms with Gasteiger partial charge in [-0.1, -0.05) is 0 Å². The van der Waals surface area contributed by atoms with Gasteiger partial charge in [0.2, 0.25) is 0 Å². The topological polar surface area (TPSA) is 44.8 Å². The zero-order valence-electron chi connectivity index (χ0n) is 10.6. The number of carbonyl (C=O) groups is 1. The van der Waals surface area contributed by atoms with Crippen molar-refractivity contribution in [2.24, 2.45) is 0 Å². The Bertz CT molecular complexity index is 219. The maximum atomic E-state index is 11.4. The Labute approximate surface area is 97.2 Å². The van der Waals surface area contributed by atoms with Crippen molar-refractivity contribution in [1.82, 2.24) is 0 Å². The molecule has 1 fully saturated rings. The molecule has 0 amide bonds. The highest BCUT2D eigenvalue weighted by atomic mass is 16.6. The summed E-state index contributed by atoms with van der Waals surface area (Å²) < 4.78 is 16.2. The molecule has 94 valence electrons. The van der Waals surface area contributed by atoms with Crippen molar-refractivity contribution in [3.63, 3.8) is 0 Å². The number of rotatable bonds is 4. The number of hydrogen-bond acceptors (Lipinski definition) is 4. The monoisotopic (exact) mass is 230 g/mol. The lowest BCUT2D eigenvalue weighted by atomic mass is 10.0. The highest BCUT2D eigenvalue weighted by molar-refractivity contribution is 5.74. The van der Waals surface area contributed by atoms with Gasteiger partial charge in [0, 0.05) is 0 Å². The Balaban J connectivity index is 2.38. The summed E-state index contributed by atoms with van der Waals surface area (Å²) in [6, 6.07) is 0. The second-order valence-corrected chi connectivity index (χ2v) is 4.38. The SMILES string of the molecule is CCOC(=O)C(C)OC1CC(C)OC(C)C1. The molecule has 1 rings (SSSR count). The van der Waals surface area contributed by atoms with E-state index in [9.17, 15) is 4.79 Å². The van der Waals surface area contributed by atoms with Crippen molar-refractivity contribution in [1.29, 1.82) is 0 Å². The van der Waals surface area contributed by atoms with Crippen LogP contribution in [0.4, 0.5) is 0 Å². The van der Waals surface area contributed by atoms with E-state index in [1.807, 2.05) is 13.8 Å². The predicted octanol–water partition coefficient (Wildman–Crippen LogP) is 1.91. The maximum Gasteiger partial charge on any atom is 0.334 e. The zero-order valence-corrected chi connectivity index (χ0v) is 10.6. The molecular formula is C12H22O4. The third-order valence-corrected chi connectivity index (χ3v) is 2.67. The highest BCUT2D eigenvalue weighted by Gasteiger charge is 2.28. The third kappa shape index (κ3) is 4.10. The van der Waals surface area contributed by atoms with Crippen molar-refractivity contribution in [2.75, 3.05) is 6.61 Å². The molecule has 0 aromatic heterocycles. The molecule has 1 aliphatic rings. The summed E-state index contributed by atoms with van der Waals surface area (Å²) in [7, 11) is 0. The first-order valence-corrected chi connectivity index (χ1v) is 6.00. The summed E-state index contributed by atoms with van der Waals surface area (Å²) in [4.78, 5) is 11.4. The summed E-state index contributed by atoms with van der Waals surface area (Å²) in [5.74, 6) is -0.283. The van der Waals surface area contributed by atoms with E-state index in [0.717, 1.165) is 12.8 Å². The second kappa shape index (κ2) is 6.21. The van der Waals surface area contributed by atoms with Crippen LogP contribution in [0.5, 0.6) is 0 Å². The molecule has 1 saturated heterocycles. The van der Waals surface area contributed by atoms with Crippen LogP contribution in [0.25, 0.3) is 0 Å². The van der Waals surface area contributed by atoms with Gasteiger partial charge in [0.05, 0.1) is 24.9 Å². The molecule has 0 saturated carbocycles. The fourth-order valence-corrected chi connectivity index (χ4v) is 2.06. The molecule has 3 atom stereocenters. The number of esters is 1. The first-order chi connectivity index (χ1) is 7.52. The molecule has 0 aromatic rings. The number of ether oxygens (including phenoxy) is 3. The molecule has 4 nitrogen and oxygen atoms in total. The largest absolute Gasteiger partial charge is 0.464 e. The van der Waals surface area contributed by atoms with Crippen LogP contribution in [0, 0.1) is 0 Å². The average molecular weight is 230 g/mol. The third-order valence-electron chi connectivity index (χ3n) is 2.67. The first-order valence-electron chi connectivity index (χ1n) is 6.00. The molecule has 1 heterocycles. The van der Waals surface area contributed by atoms with E-state index in [1.165, 1.54) is 0 Å². The Morgan fingerprint density at radius 1 is 1.38 bits per heavy atom. The van der Waals surface area contributed by atoms with E-state index >= 15 is 0 Å². The van der Waals surface area contributed by atoms with Gasteiger partial charge in [-0.2, -0.15) is 0 Å². The minimum atomic E-state index is -0.484. The molecule has 16 heavy (non-hydrogen) atoms. The molecule has 1 aliphatic heterocycles. The van der Waals surface area contributed by atoms with Crippen molar-refractivity contribution >= 4 is 5.97 Å². The molecule has 0 bridgehead atoms. The smallest absolute Gasteiger partial charge is 0.334 e. The average Bonchev–Trinajstić information content (AvgIpc) is 2.16. The number of carbonyl (C=O) groups excluding carboxylic acids is 1. The van der Waals surface area contributed by atoms with Crippen LogP contribution >= 0.6 is 0 Å². The molecule has 0 N–H and O–H groups in total. The summed E-state index contributed by atoms with van der Waals surface area (Å²) in [5.41, 5.74) is 0. The van der Waals surface area contributed by atoms with Gasteiger partial charge in [-0.3, -0.25) is 0 Å². The van der Waals surface area contributed by atoms with Crippen LogP contribution < -0.4 is 0 Å². The van der Waals surface area contributed by atoms with Gasteiger partial charge < -0.3 is 14.2 Å². The molecule has 0 spiro atoms. The maximum absolute atomic E-state index is 11.4. The lowest BCUT2D eigenvalue weighted by Gasteiger charge is -2.33. The predicted molar refractivity (Wildman–Crippen MR) is 60.2 cm³/mol. The van der Waals surface area contributed by atoms with Gasteiger partial charge >= 0.3 is 5.97 Å². The molecule has 0 aromatic carbocycles. The first kappa shape index (κ1) is 13.5. The molecule has 4 heteroatoms. The van der Waals surface area contributed by atoms with Gasteiger partial charge in [-0.05, 0) is 40.5 Å². The Morgan fingerprint density at radius 2 is 1.94 bits per heavy atom. The molecular weight excluding hydrogens is 208 g/mol. The Morgan fingerprint density at radius 3 is 2.44 bits per heavy atom. The van der Waals surface area contributed by atoms with Crippen molar-refractivity contribution in [3.05, 3.63) is 0 Å². The lowest BCUT2D eigenvalue weighted by molar-refractivity contribution is -0.167. The van der Waals surface area contributed by atoms with Crippen LogP contribution in [-0.4, -0.2) is 37.0 Å². The zero-order chi connectivity index (χ0) is 12.1. The quantitative estimate of drug-likeness (QED) is 0.692. The van der Waals surface area contributed by atoms with Gasteiger partial charge in [0.25, 0.3) is 0 Å². The highest BCUT2D eigenvalue weighted by Crippen LogP contribution is 2.22. The van der Waals surface area contributed by atoms with Crippen LogP contribution in [-0.2, 0) is 19.0 Å². The summed E-state index contributed by atoms with van der Waals surface area (Å²) in [6.45, 7) is 7.99. The van der Waals surface area contributed by atoms with Gasteiger partial charge in [-0.15, -0.1) is 0 Å². The van der Waals surface area contributed by atoms with Crippen LogP contribution in [0.3, 0.4) is 0 Å². The van der Waals surface area contributed by atoms with Crippen molar-refractivity contribution in [3.8, 4) is 0 Å². The number of hydrogen-bond donors (Lipinski definition) is 0. The molecule has 0 aliphatic carbocycles. The van der Waals surface area contributed by atoms with Gasteiger partial charge in [0.1, 0.15) is 0 Å². The van der Waals surface area contributed by atoms with Crippen LogP contribution in [0.15, 0.2) is 0 Å². The van der Waals surface area contributed by atoms with E-state index in [0.29, 0.717) is 6.61 Å². The van der Waals surface area contributed by atoms with E-state index < -0.39 is 6.10 Å². The van der Waals surface area contributed by atoms with E-state index in [2.05, 4.69) is 0 Å². The minimum Gasteiger partial charge on any atom is -0.464 e. The fraction of sp³-hybridized carbons (Fsp3) is 0.917. The summed E-state index contributed by atoms with van der Waals surface area (Å²) in [6.07, 6.45) is 1.69. The van der Waals surface area contributed by atoms with Crippen molar-refractivity contribution < 1.29 is 19.0 Å². The Hall–Kier alpha value is -0.610. The van der Waals surface area contributed by atoms with E-state index in [1.54, 1.807) is 13.8 Å². The minimum absolute atomic E-state index is 0.0955. The van der Waals surface area contributed by atoms with Crippen molar-refractivity contribution in [2.45, 2.75) is 65.0 Å².